The summed E-state index contributed by atoms with van der Waals surface area (Å²) < 4.78 is 5.61. The van der Waals surface area contributed by atoms with Crippen molar-refractivity contribution < 1.29 is 9.53 Å². The standard InChI is InChI=1S/C30H28N2O2/c1-4-12-25(21-13-8-7-9-14-21)30(22-17-18-27-23(19-22)20-31-32-27)24(5-2)26-15-10-11-16-28(26)34-29(33)6-3/h6-11,13-20,25,30H,2-4,12H2,1H3,(H,31,32). The van der Waals surface area contributed by atoms with Gasteiger partial charge in [-0.3, -0.25) is 5.10 Å². The lowest BCUT2D eigenvalue weighted by atomic mass is 9.73. The number of ether oxygens (including phenoxy) is 1. The molecule has 1 N–H and O–H groups in total. The number of carbonyl (C=O) groups is 1. The van der Waals surface area contributed by atoms with Crippen LogP contribution in [0.2, 0.25) is 0 Å². The largest absolute Gasteiger partial charge is 0.423 e. The maximum atomic E-state index is 12.1. The summed E-state index contributed by atoms with van der Waals surface area (Å²) in [6.07, 6.45) is 4.99. The monoisotopic (exact) mass is 448 g/mol. The van der Waals surface area contributed by atoms with Crippen LogP contribution < -0.4 is 4.74 Å². The van der Waals surface area contributed by atoms with Crippen LogP contribution in [-0.4, -0.2) is 16.2 Å². The van der Waals surface area contributed by atoms with Crippen LogP contribution in [0.25, 0.3) is 16.5 Å². The van der Waals surface area contributed by atoms with E-state index < -0.39 is 5.97 Å². The van der Waals surface area contributed by atoms with Gasteiger partial charge in [-0.15, -0.1) is 5.73 Å². The van der Waals surface area contributed by atoms with E-state index in [1.165, 1.54) is 11.6 Å². The molecule has 0 radical (unpaired) electrons. The summed E-state index contributed by atoms with van der Waals surface area (Å²) in [5.41, 5.74) is 8.27. The predicted octanol–water partition coefficient (Wildman–Crippen LogP) is 7.19. The van der Waals surface area contributed by atoms with Crippen molar-refractivity contribution in [3.8, 4) is 5.75 Å². The summed E-state index contributed by atoms with van der Waals surface area (Å²) in [6, 6.07) is 24.4. The number of aromatic nitrogens is 2. The second-order valence-corrected chi connectivity index (χ2v) is 8.21. The third kappa shape index (κ3) is 4.78. The maximum Gasteiger partial charge on any atom is 0.335 e. The molecule has 0 bridgehead atoms. The Kier molecular flexibility index (Phi) is 7.22. The smallest absolute Gasteiger partial charge is 0.335 e. The van der Waals surface area contributed by atoms with Crippen molar-refractivity contribution in [2.24, 2.45) is 0 Å². The third-order valence-corrected chi connectivity index (χ3v) is 6.11. The van der Waals surface area contributed by atoms with Crippen LogP contribution in [0.1, 0.15) is 48.3 Å². The fraction of sp³-hybridized carbons (Fsp3) is 0.167. The lowest BCUT2D eigenvalue weighted by molar-refractivity contribution is -0.128. The SMILES string of the molecule is C=C=C(c1ccccc1OC(=O)C=C)C(c1ccc2[nH]ncc2c1)C(CCC)c1ccccc1. The maximum absolute atomic E-state index is 12.1. The fourth-order valence-corrected chi connectivity index (χ4v) is 4.59. The molecular weight excluding hydrogens is 420 g/mol. The summed E-state index contributed by atoms with van der Waals surface area (Å²) in [7, 11) is 0. The van der Waals surface area contributed by atoms with Crippen molar-refractivity contribution in [3.63, 3.8) is 0 Å². The molecule has 4 aromatic rings. The first-order valence-electron chi connectivity index (χ1n) is 11.5. The Morgan fingerprint density at radius 3 is 2.59 bits per heavy atom. The molecular formula is C30H28N2O2. The normalized spacial score (nSPS) is 12.5. The number of carbonyl (C=O) groups excluding carboxylic acids is 1. The minimum absolute atomic E-state index is 0.0669. The quantitative estimate of drug-likeness (QED) is 0.128. The van der Waals surface area contributed by atoms with Gasteiger partial charge < -0.3 is 4.74 Å². The average molecular weight is 449 g/mol. The van der Waals surface area contributed by atoms with Crippen molar-refractivity contribution in [1.82, 2.24) is 10.2 Å². The number of esters is 1. The molecule has 0 aliphatic rings. The topological polar surface area (TPSA) is 55.0 Å². The van der Waals surface area contributed by atoms with Gasteiger partial charge in [0.05, 0.1) is 11.7 Å². The summed E-state index contributed by atoms with van der Waals surface area (Å²) in [6.45, 7) is 9.80. The Bertz CT molecular complexity index is 1350. The van der Waals surface area contributed by atoms with Gasteiger partial charge in [0.2, 0.25) is 0 Å². The Morgan fingerprint density at radius 2 is 1.85 bits per heavy atom. The Labute approximate surface area is 200 Å². The number of nitrogens with one attached hydrogen (secondary N) is 1. The molecule has 1 aromatic heterocycles. The highest BCUT2D eigenvalue weighted by atomic mass is 16.5. The van der Waals surface area contributed by atoms with Crippen LogP contribution in [-0.2, 0) is 4.79 Å². The van der Waals surface area contributed by atoms with E-state index >= 15 is 0 Å². The number of rotatable bonds is 9. The molecule has 1 heterocycles. The summed E-state index contributed by atoms with van der Waals surface area (Å²) in [4.78, 5) is 12.1. The minimum Gasteiger partial charge on any atom is -0.423 e. The van der Waals surface area contributed by atoms with E-state index in [0.29, 0.717) is 5.75 Å². The van der Waals surface area contributed by atoms with Crippen LogP contribution in [0.4, 0.5) is 0 Å². The second kappa shape index (κ2) is 10.7. The molecule has 2 atom stereocenters. The summed E-state index contributed by atoms with van der Waals surface area (Å²) >= 11 is 0. The van der Waals surface area contributed by atoms with Gasteiger partial charge in [0.1, 0.15) is 5.75 Å². The molecule has 4 nitrogen and oxygen atoms in total. The number of hydrogen-bond donors (Lipinski definition) is 1. The zero-order valence-electron chi connectivity index (χ0n) is 19.3. The molecule has 4 heteroatoms. The van der Waals surface area contributed by atoms with E-state index in [1.54, 1.807) is 6.07 Å². The molecule has 0 amide bonds. The predicted molar refractivity (Wildman–Crippen MR) is 138 cm³/mol. The van der Waals surface area contributed by atoms with E-state index in [2.05, 4.69) is 78.5 Å². The number of benzene rings is 3. The number of H-pyrrole nitrogens is 1. The van der Waals surface area contributed by atoms with Gasteiger partial charge in [-0.1, -0.05) is 81.1 Å². The van der Waals surface area contributed by atoms with Crippen LogP contribution in [0.5, 0.6) is 5.75 Å². The average Bonchev–Trinajstić information content (AvgIpc) is 3.35. The van der Waals surface area contributed by atoms with Gasteiger partial charge in [0.15, 0.2) is 0 Å². The van der Waals surface area contributed by atoms with Gasteiger partial charge in [-0.25, -0.2) is 4.79 Å². The highest BCUT2D eigenvalue weighted by Crippen LogP contribution is 2.47. The summed E-state index contributed by atoms with van der Waals surface area (Å²) in [5, 5.41) is 8.27. The molecule has 0 aliphatic heterocycles. The molecule has 0 aliphatic carbocycles. The molecule has 0 saturated heterocycles. The second-order valence-electron chi connectivity index (χ2n) is 8.21. The van der Waals surface area contributed by atoms with Crippen molar-refractivity contribution in [1.29, 1.82) is 0 Å². The Balaban J connectivity index is 1.92. The molecule has 34 heavy (non-hydrogen) atoms. The van der Waals surface area contributed by atoms with E-state index in [1.807, 2.05) is 30.5 Å². The first-order chi connectivity index (χ1) is 16.7. The zero-order valence-corrected chi connectivity index (χ0v) is 19.3. The van der Waals surface area contributed by atoms with Gasteiger partial charge in [-0.05, 0) is 41.7 Å². The summed E-state index contributed by atoms with van der Waals surface area (Å²) in [5.74, 6) is 0.0716. The Hall–Kier alpha value is -4.14. The number of allylic oxidation sites excluding steroid dienone is 1. The molecule has 0 fully saturated rings. The third-order valence-electron chi connectivity index (χ3n) is 6.11. The van der Waals surface area contributed by atoms with Gasteiger partial charge >= 0.3 is 5.97 Å². The highest BCUT2D eigenvalue weighted by Gasteiger charge is 2.30. The molecule has 0 spiro atoms. The number of aromatic amines is 1. The van der Waals surface area contributed by atoms with Crippen molar-refractivity contribution in [3.05, 3.63) is 121 Å². The van der Waals surface area contributed by atoms with E-state index in [4.69, 9.17) is 4.74 Å². The van der Waals surface area contributed by atoms with Crippen LogP contribution in [0, 0.1) is 0 Å². The van der Waals surface area contributed by atoms with E-state index in [9.17, 15) is 4.79 Å². The lowest BCUT2D eigenvalue weighted by Gasteiger charge is -2.30. The zero-order chi connectivity index (χ0) is 23.9. The number of para-hydroxylation sites is 1. The fourth-order valence-electron chi connectivity index (χ4n) is 4.59. The van der Waals surface area contributed by atoms with Gasteiger partial charge in [-0.2, -0.15) is 5.10 Å². The molecule has 2 unspecified atom stereocenters. The van der Waals surface area contributed by atoms with Crippen LogP contribution in [0.3, 0.4) is 0 Å². The first kappa shape index (κ1) is 23.0. The molecule has 3 aromatic carbocycles. The number of fused-ring (bicyclic) bond motifs is 1. The lowest BCUT2D eigenvalue weighted by Crippen LogP contribution is -2.15. The van der Waals surface area contributed by atoms with Crippen molar-refractivity contribution in [2.75, 3.05) is 0 Å². The van der Waals surface area contributed by atoms with E-state index in [-0.39, 0.29) is 11.8 Å². The number of nitrogens with zero attached hydrogens (tertiary/aromatic N) is 1. The molecule has 4 rings (SSSR count). The molecule has 170 valence electrons. The minimum atomic E-state index is -0.500. The van der Waals surface area contributed by atoms with Crippen LogP contribution >= 0.6 is 0 Å². The van der Waals surface area contributed by atoms with Crippen molar-refractivity contribution >= 4 is 22.4 Å². The number of hydrogen-bond acceptors (Lipinski definition) is 3. The van der Waals surface area contributed by atoms with Crippen molar-refractivity contribution in [2.45, 2.75) is 31.6 Å². The van der Waals surface area contributed by atoms with Gasteiger partial charge in [0, 0.05) is 28.5 Å². The van der Waals surface area contributed by atoms with E-state index in [0.717, 1.165) is 40.4 Å². The molecule has 0 saturated carbocycles. The Morgan fingerprint density at radius 1 is 1.09 bits per heavy atom. The highest BCUT2D eigenvalue weighted by molar-refractivity contribution is 5.86. The van der Waals surface area contributed by atoms with Crippen LogP contribution in [0.15, 0.2) is 104 Å². The van der Waals surface area contributed by atoms with Gasteiger partial charge in [0.25, 0.3) is 0 Å². The first-order valence-corrected chi connectivity index (χ1v) is 11.5.